The predicted molar refractivity (Wildman–Crippen MR) is 149 cm³/mol. The van der Waals surface area contributed by atoms with E-state index in [-0.39, 0.29) is 5.91 Å². The van der Waals surface area contributed by atoms with E-state index in [1.54, 1.807) is 24.3 Å². The Morgan fingerprint density at radius 3 is 2.30 bits per heavy atom. The van der Waals surface area contributed by atoms with Crippen molar-refractivity contribution < 1.29 is 18.3 Å². The second-order valence-corrected chi connectivity index (χ2v) is 10.4. The number of likely N-dealkylation sites (tertiary alicyclic amines) is 1. The lowest BCUT2D eigenvalue weighted by molar-refractivity contribution is 0.102. The molecular weight excluding hydrogens is 486 g/mol. The summed E-state index contributed by atoms with van der Waals surface area (Å²) in [6.07, 6.45) is 2.43. The molecule has 0 radical (unpaired) electrons. The second kappa shape index (κ2) is 14.2. The average molecular weight is 523 g/mol. The Balaban J connectivity index is 0.000000469. The fourth-order valence-electron chi connectivity index (χ4n) is 4.61. The number of carbonyl (C=O) groups is 1. The maximum atomic E-state index is 12.5. The number of piperidine rings is 1. The van der Waals surface area contributed by atoms with Crippen molar-refractivity contribution in [2.45, 2.75) is 30.2 Å². The van der Waals surface area contributed by atoms with Gasteiger partial charge < -0.3 is 15.4 Å². The van der Waals surface area contributed by atoms with Gasteiger partial charge in [-0.25, -0.2) is 0 Å². The van der Waals surface area contributed by atoms with E-state index in [2.05, 4.69) is 45.9 Å². The average Bonchev–Trinajstić information content (AvgIpc) is 2.96. The van der Waals surface area contributed by atoms with E-state index < -0.39 is 11.1 Å². The van der Waals surface area contributed by atoms with Crippen LogP contribution < -0.4 is 10.6 Å². The van der Waals surface area contributed by atoms with Gasteiger partial charge in [0.25, 0.3) is 5.91 Å². The Labute approximate surface area is 221 Å². The van der Waals surface area contributed by atoms with Crippen molar-refractivity contribution in [3.8, 4) is 0 Å². The van der Waals surface area contributed by atoms with Gasteiger partial charge in [0.1, 0.15) is 0 Å². The number of thiol groups is 1. The van der Waals surface area contributed by atoms with Gasteiger partial charge in [-0.1, -0.05) is 46.7 Å². The molecule has 8 heteroatoms. The Kier molecular flexibility index (Phi) is 10.4. The highest BCUT2D eigenvalue weighted by molar-refractivity contribution is 7.79. The quantitative estimate of drug-likeness (QED) is 0.327. The van der Waals surface area contributed by atoms with E-state index in [0.29, 0.717) is 22.1 Å². The van der Waals surface area contributed by atoms with Gasteiger partial charge in [-0.15, -0.1) is 0 Å². The van der Waals surface area contributed by atoms with Crippen LogP contribution in [-0.4, -0.2) is 54.8 Å². The monoisotopic (exact) mass is 522 g/mol. The Morgan fingerprint density at radius 1 is 1.00 bits per heavy atom. The molecule has 3 aromatic rings. The molecule has 3 aromatic carbocycles. The van der Waals surface area contributed by atoms with Crippen LogP contribution in [0.15, 0.2) is 83.8 Å². The first-order chi connectivity index (χ1) is 18.1. The van der Waals surface area contributed by atoms with Crippen molar-refractivity contribution >= 4 is 22.7 Å². The summed E-state index contributed by atoms with van der Waals surface area (Å²) >= 11 is -2.37. The first-order valence-electron chi connectivity index (χ1n) is 12.8. The van der Waals surface area contributed by atoms with Gasteiger partial charge in [0.05, 0.1) is 13.2 Å². The number of morpholine rings is 1. The molecule has 0 bridgehead atoms. The molecule has 0 aromatic heterocycles. The zero-order chi connectivity index (χ0) is 25.9. The fraction of sp³-hybridized carbons (Fsp3) is 0.345. The number of hydrogen-bond donors (Lipinski definition) is 3. The van der Waals surface area contributed by atoms with E-state index in [9.17, 15) is 9.00 Å². The lowest BCUT2D eigenvalue weighted by Crippen LogP contribution is -2.33. The van der Waals surface area contributed by atoms with Crippen molar-refractivity contribution in [1.29, 1.82) is 0 Å². The number of hydrogen-bond acceptors (Lipinski definition) is 5. The molecular formula is C29H36N3O4S+. The van der Waals surface area contributed by atoms with Crippen LogP contribution in [0.25, 0.3) is 0 Å². The number of rotatable bonds is 6. The number of nitrogens with one attached hydrogen (secondary N) is 2. The molecule has 2 atom stereocenters. The normalized spacial score (nSPS) is 18.8. The number of amides is 1. The Morgan fingerprint density at radius 2 is 1.70 bits per heavy atom. The van der Waals surface area contributed by atoms with Gasteiger partial charge in [0.15, 0.2) is 4.90 Å². The summed E-state index contributed by atoms with van der Waals surface area (Å²) in [7, 11) is 0. The fourth-order valence-corrected chi connectivity index (χ4v) is 5.01. The van der Waals surface area contributed by atoms with Gasteiger partial charge in [-0.05, 0) is 72.8 Å². The summed E-state index contributed by atoms with van der Waals surface area (Å²) in [6.45, 7) is 6.87. The summed E-state index contributed by atoms with van der Waals surface area (Å²) < 4.78 is 25.2. The van der Waals surface area contributed by atoms with Crippen LogP contribution in [0, 0.1) is 0 Å². The maximum Gasteiger partial charge on any atom is 0.255 e. The van der Waals surface area contributed by atoms with Crippen molar-refractivity contribution in [2.24, 2.45) is 0 Å². The molecule has 196 valence electrons. The van der Waals surface area contributed by atoms with E-state index >= 15 is 0 Å². The molecule has 3 N–H and O–H groups in total. The molecule has 2 heterocycles. The first kappa shape index (κ1) is 27.2. The third kappa shape index (κ3) is 8.59. The standard InChI is InChI=1S/C25H26N2O3S.C4H9NO/c28-25(26-23-12-14-24(15-13-23)31(29)30)21-10-8-19(9-11-21)17-27-16-4-7-22(18-27)20-5-2-1-3-6-20;1-3-6-4-2-5-1/h1-3,5-6,8-15,22H,4,7,16-18H2,(H,26,28)(H,29,30);5H,1-4H2/p+1. The molecule has 1 amide bonds. The minimum absolute atomic E-state index is 0.199. The topological polar surface area (TPSA) is 90.9 Å². The zero-order valence-corrected chi connectivity index (χ0v) is 21.9. The highest BCUT2D eigenvalue weighted by atomic mass is 32.2. The summed E-state index contributed by atoms with van der Waals surface area (Å²) in [5.74, 6) is 0.380. The number of anilines is 1. The predicted octanol–water partition coefficient (Wildman–Crippen LogP) is 4.45. The third-order valence-corrected chi connectivity index (χ3v) is 7.33. The minimum Gasteiger partial charge on any atom is -0.379 e. The Hall–Kier alpha value is -2.88. The van der Waals surface area contributed by atoms with Crippen LogP contribution in [0.5, 0.6) is 0 Å². The molecule has 0 aliphatic carbocycles. The van der Waals surface area contributed by atoms with Crippen LogP contribution in [-0.2, 0) is 26.6 Å². The largest absolute Gasteiger partial charge is 0.379 e. The van der Waals surface area contributed by atoms with Gasteiger partial charge >= 0.3 is 0 Å². The van der Waals surface area contributed by atoms with Crippen molar-refractivity contribution in [2.75, 3.05) is 44.7 Å². The van der Waals surface area contributed by atoms with E-state index in [1.807, 2.05) is 24.3 Å². The minimum atomic E-state index is -2.37. The molecule has 2 saturated heterocycles. The summed E-state index contributed by atoms with van der Waals surface area (Å²) in [5, 5.41) is 5.98. The van der Waals surface area contributed by atoms with E-state index in [1.165, 1.54) is 24.0 Å². The number of benzene rings is 3. The second-order valence-electron chi connectivity index (χ2n) is 9.32. The van der Waals surface area contributed by atoms with E-state index in [4.69, 9.17) is 9.29 Å². The molecule has 0 saturated carbocycles. The van der Waals surface area contributed by atoms with Gasteiger partial charge in [0.2, 0.25) is 11.1 Å². The van der Waals surface area contributed by atoms with Gasteiger partial charge in [-0.2, -0.15) is 4.55 Å². The SMILES string of the molecule is C1COCCN1.O=C(Nc1ccc([SH+](=O)O)cc1)c1ccc(CN2CCCC(c3ccccc3)C2)cc1. The Bertz CT molecular complexity index is 1120. The highest BCUT2D eigenvalue weighted by Gasteiger charge is 2.21. The van der Waals surface area contributed by atoms with Crippen LogP contribution in [0.2, 0.25) is 0 Å². The molecule has 2 aliphatic rings. The lowest BCUT2D eigenvalue weighted by Gasteiger charge is -2.33. The maximum absolute atomic E-state index is 12.5. The van der Waals surface area contributed by atoms with Crippen molar-refractivity contribution in [3.05, 3.63) is 95.6 Å². The van der Waals surface area contributed by atoms with Gasteiger partial charge in [-0.3, -0.25) is 9.69 Å². The molecule has 2 aliphatic heterocycles. The molecule has 5 rings (SSSR count). The summed E-state index contributed by atoms with van der Waals surface area (Å²) in [6, 6.07) is 24.8. The van der Waals surface area contributed by atoms with Gasteiger partial charge in [0, 0.05) is 37.4 Å². The van der Waals surface area contributed by atoms with Crippen LogP contribution in [0.4, 0.5) is 5.69 Å². The smallest absolute Gasteiger partial charge is 0.255 e. The molecule has 37 heavy (non-hydrogen) atoms. The van der Waals surface area contributed by atoms with Crippen molar-refractivity contribution in [1.82, 2.24) is 10.2 Å². The number of carbonyl (C=O) groups excluding carboxylic acids is 1. The zero-order valence-electron chi connectivity index (χ0n) is 21.0. The molecule has 2 unspecified atom stereocenters. The summed E-state index contributed by atoms with van der Waals surface area (Å²) in [4.78, 5) is 15.3. The molecule has 2 fully saturated rings. The highest BCUT2D eigenvalue weighted by Crippen LogP contribution is 2.27. The van der Waals surface area contributed by atoms with Crippen LogP contribution in [0.3, 0.4) is 0 Å². The lowest BCUT2D eigenvalue weighted by atomic mass is 9.90. The van der Waals surface area contributed by atoms with Crippen LogP contribution in [0.1, 0.15) is 40.2 Å². The number of ether oxygens (including phenoxy) is 1. The summed E-state index contributed by atoms with van der Waals surface area (Å²) in [5.41, 5.74) is 3.79. The van der Waals surface area contributed by atoms with Crippen LogP contribution >= 0.6 is 0 Å². The third-order valence-electron chi connectivity index (χ3n) is 6.59. The molecule has 7 nitrogen and oxygen atoms in total. The molecule has 0 spiro atoms. The number of nitrogens with zero attached hydrogens (tertiary/aromatic N) is 1. The first-order valence-corrected chi connectivity index (χ1v) is 14.0. The van der Waals surface area contributed by atoms with Crippen molar-refractivity contribution in [3.63, 3.8) is 0 Å². The van der Waals surface area contributed by atoms with E-state index in [0.717, 1.165) is 45.9 Å².